The molecule has 1 aliphatic rings. The van der Waals surface area contributed by atoms with Crippen molar-refractivity contribution in [3.05, 3.63) is 28.5 Å². The zero-order valence-corrected chi connectivity index (χ0v) is 10.3. The van der Waals surface area contributed by atoms with Crippen LogP contribution < -0.4 is 0 Å². The number of halogens is 1. The molecule has 0 atom stereocenters. The molecule has 1 heterocycles. The molecule has 0 bridgehead atoms. The lowest BCUT2D eigenvalue weighted by Gasteiger charge is -2.17. The number of nitrogens with zero attached hydrogens (tertiary/aromatic N) is 2. The third-order valence-electron chi connectivity index (χ3n) is 2.74. The number of carbonyl (C=O) groups is 1. The molecule has 1 aliphatic carbocycles. The maximum atomic E-state index is 12.1. The first-order valence-electron chi connectivity index (χ1n) is 5.46. The Balaban J connectivity index is 2.12. The van der Waals surface area contributed by atoms with Gasteiger partial charge in [-0.15, -0.1) is 0 Å². The van der Waals surface area contributed by atoms with E-state index in [1.165, 1.54) is 12.8 Å². The Morgan fingerprint density at radius 3 is 2.81 bits per heavy atom. The molecule has 0 N–H and O–H groups in total. The molecule has 16 heavy (non-hydrogen) atoms. The maximum absolute atomic E-state index is 12.1. The summed E-state index contributed by atoms with van der Waals surface area (Å²) < 4.78 is 0. The van der Waals surface area contributed by atoms with Gasteiger partial charge in [0.25, 0.3) is 5.91 Å². The molecule has 1 aromatic rings. The van der Waals surface area contributed by atoms with Crippen LogP contribution in [0.5, 0.6) is 0 Å². The van der Waals surface area contributed by atoms with E-state index in [0.717, 1.165) is 12.2 Å². The highest BCUT2D eigenvalue weighted by Gasteiger charge is 2.25. The van der Waals surface area contributed by atoms with Crippen molar-refractivity contribution >= 4 is 17.5 Å². The lowest BCUT2D eigenvalue weighted by Crippen LogP contribution is -2.28. The van der Waals surface area contributed by atoms with Gasteiger partial charge in [-0.2, -0.15) is 0 Å². The van der Waals surface area contributed by atoms with Gasteiger partial charge in [-0.1, -0.05) is 11.6 Å². The van der Waals surface area contributed by atoms with Crippen LogP contribution in [0.4, 0.5) is 0 Å². The molecular formula is C12H15ClN2O. The van der Waals surface area contributed by atoms with Crippen LogP contribution in [0.3, 0.4) is 0 Å². The molecule has 0 unspecified atom stereocenters. The summed E-state index contributed by atoms with van der Waals surface area (Å²) in [7, 11) is 1.84. The van der Waals surface area contributed by atoms with Crippen molar-refractivity contribution in [2.45, 2.75) is 19.8 Å². The largest absolute Gasteiger partial charge is 0.341 e. The predicted octanol–water partition coefficient (Wildman–Crippen LogP) is 2.53. The Labute approximate surface area is 100 Å². The lowest BCUT2D eigenvalue weighted by atomic mass is 10.2. The van der Waals surface area contributed by atoms with Gasteiger partial charge >= 0.3 is 0 Å². The van der Waals surface area contributed by atoms with Gasteiger partial charge in [0.1, 0.15) is 5.15 Å². The first kappa shape index (κ1) is 11.4. The van der Waals surface area contributed by atoms with Gasteiger partial charge in [0.2, 0.25) is 0 Å². The van der Waals surface area contributed by atoms with Crippen LogP contribution in [-0.4, -0.2) is 29.4 Å². The standard InChI is InChI=1S/C12H15ClN2O/c1-8-5-10(6-11(13)14-8)12(16)15(2)7-9-3-4-9/h5-6,9H,3-4,7H2,1-2H3. The SMILES string of the molecule is Cc1cc(C(=O)N(C)CC2CC2)cc(Cl)n1. The summed E-state index contributed by atoms with van der Waals surface area (Å²) in [5.41, 5.74) is 1.40. The molecule has 0 radical (unpaired) electrons. The van der Waals surface area contributed by atoms with Crippen molar-refractivity contribution in [2.24, 2.45) is 5.92 Å². The molecule has 0 spiro atoms. The molecule has 0 saturated heterocycles. The average Bonchev–Trinajstić information content (AvgIpc) is 2.99. The molecule has 0 aliphatic heterocycles. The van der Waals surface area contributed by atoms with Gasteiger partial charge < -0.3 is 4.90 Å². The van der Waals surface area contributed by atoms with Crippen molar-refractivity contribution in [1.82, 2.24) is 9.88 Å². The summed E-state index contributed by atoms with van der Waals surface area (Å²) in [6.07, 6.45) is 2.49. The van der Waals surface area contributed by atoms with Gasteiger partial charge in [0.05, 0.1) is 0 Å². The Hall–Kier alpha value is -1.09. The number of aryl methyl sites for hydroxylation is 1. The van der Waals surface area contributed by atoms with Crippen molar-refractivity contribution < 1.29 is 4.79 Å². The topological polar surface area (TPSA) is 33.2 Å². The summed E-state index contributed by atoms with van der Waals surface area (Å²) in [4.78, 5) is 17.9. The van der Waals surface area contributed by atoms with Gasteiger partial charge in [-0.25, -0.2) is 4.98 Å². The van der Waals surface area contributed by atoms with E-state index in [2.05, 4.69) is 4.98 Å². The summed E-state index contributed by atoms with van der Waals surface area (Å²) in [5.74, 6) is 0.728. The summed E-state index contributed by atoms with van der Waals surface area (Å²) in [6.45, 7) is 2.68. The molecule has 2 rings (SSSR count). The van der Waals surface area contributed by atoms with Crippen molar-refractivity contribution in [3.63, 3.8) is 0 Å². The number of aromatic nitrogens is 1. The van der Waals surface area contributed by atoms with E-state index in [9.17, 15) is 4.79 Å². The first-order chi connectivity index (χ1) is 7.56. The average molecular weight is 239 g/mol. The van der Waals surface area contributed by atoms with Crippen LogP contribution in [0.15, 0.2) is 12.1 Å². The van der Waals surface area contributed by atoms with Crippen LogP contribution in [0.2, 0.25) is 5.15 Å². The van der Waals surface area contributed by atoms with E-state index in [1.807, 2.05) is 14.0 Å². The van der Waals surface area contributed by atoms with Gasteiger partial charge in [-0.05, 0) is 37.8 Å². The minimum Gasteiger partial charge on any atom is -0.341 e. The second-order valence-electron chi connectivity index (χ2n) is 4.45. The Morgan fingerprint density at radius 2 is 2.25 bits per heavy atom. The van der Waals surface area contributed by atoms with Crippen LogP contribution in [-0.2, 0) is 0 Å². The third-order valence-corrected chi connectivity index (χ3v) is 2.94. The van der Waals surface area contributed by atoms with E-state index in [4.69, 9.17) is 11.6 Å². The van der Waals surface area contributed by atoms with E-state index in [-0.39, 0.29) is 5.91 Å². The molecular weight excluding hydrogens is 224 g/mol. The van der Waals surface area contributed by atoms with Gasteiger partial charge in [0.15, 0.2) is 0 Å². The minimum atomic E-state index is 0.0271. The number of hydrogen-bond donors (Lipinski definition) is 0. The smallest absolute Gasteiger partial charge is 0.253 e. The molecule has 3 nitrogen and oxygen atoms in total. The number of rotatable bonds is 3. The second kappa shape index (κ2) is 4.42. The fourth-order valence-corrected chi connectivity index (χ4v) is 1.99. The van der Waals surface area contributed by atoms with E-state index >= 15 is 0 Å². The molecule has 1 fully saturated rings. The molecule has 0 aromatic carbocycles. The predicted molar refractivity (Wildman–Crippen MR) is 63.7 cm³/mol. The molecule has 1 saturated carbocycles. The summed E-state index contributed by atoms with van der Waals surface area (Å²) in [5, 5.41) is 0.378. The van der Waals surface area contributed by atoms with Crippen LogP contribution in [0, 0.1) is 12.8 Å². The van der Waals surface area contributed by atoms with Gasteiger partial charge in [0, 0.05) is 24.8 Å². The zero-order valence-electron chi connectivity index (χ0n) is 9.53. The Bertz CT molecular complexity index is 395. The third kappa shape index (κ3) is 2.73. The fourth-order valence-electron chi connectivity index (χ4n) is 1.74. The van der Waals surface area contributed by atoms with Crippen LogP contribution >= 0.6 is 11.6 Å². The van der Waals surface area contributed by atoms with E-state index < -0.39 is 0 Å². The summed E-state index contributed by atoms with van der Waals surface area (Å²) >= 11 is 5.84. The highest BCUT2D eigenvalue weighted by molar-refractivity contribution is 6.29. The molecule has 86 valence electrons. The molecule has 1 aromatic heterocycles. The van der Waals surface area contributed by atoms with Gasteiger partial charge in [-0.3, -0.25) is 4.79 Å². The number of amides is 1. The minimum absolute atomic E-state index is 0.0271. The first-order valence-corrected chi connectivity index (χ1v) is 5.83. The molecule has 4 heteroatoms. The molecule has 1 amide bonds. The normalized spacial score (nSPS) is 14.9. The van der Waals surface area contributed by atoms with Crippen LogP contribution in [0.25, 0.3) is 0 Å². The van der Waals surface area contributed by atoms with Crippen molar-refractivity contribution in [2.75, 3.05) is 13.6 Å². The summed E-state index contributed by atoms with van der Waals surface area (Å²) in [6, 6.07) is 3.40. The monoisotopic (exact) mass is 238 g/mol. The number of hydrogen-bond acceptors (Lipinski definition) is 2. The Kier molecular flexibility index (Phi) is 3.15. The van der Waals surface area contributed by atoms with Crippen LogP contribution in [0.1, 0.15) is 28.9 Å². The highest BCUT2D eigenvalue weighted by atomic mass is 35.5. The lowest BCUT2D eigenvalue weighted by molar-refractivity contribution is 0.0788. The van der Waals surface area contributed by atoms with E-state index in [1.54, 1.807) is 17.0 Å². The quantitative estimate of drug-likeness (QED) is 0.759. The zero-order chi connectivity index (χ0) is 11.7. The maximum Gasteiger partial charge on any atom is 0.253 e. The number of pyridine rings is 1. The van der Waals surface area contributed by atoms with E-state index in [0.29, 0.717) is 16.6 Å². The second-order valence-corrected chi connectivity index (χ2v) is 4.84. The fraction of sp³-hybridized carbons (Fsp3) is 0.500. The highest BCUT2D eigenvalue weighted by Crippen LogP contribution is 2.29. The van der Waals surface area contributed by atoms with Crippen molar-refractivity contribution in [3.8, 4) is 0 Å². The van der Waals surface area contributed by atoms with Crippen molar-refractivity contribution in [1.29, 1.82) is 0 Å². The number of carbonyl (C=O) groups excluding carboxylic acids is 1. The Morgan fingerprint density at radius 1 is 1.56 bits per heavy atom.